The van der Waals surface area contributed by atoms with Crippen LogP contribution in [0.5, 0.6) is 0 Å². The number of rotatable bonds is 7. The molecule has 1 fully saturated rings. The van der Waals surface area contributed by atoms with E-state index in [1.165, 1.54) is 32.5 Å². The maximum atomic E-state index is 13.1. The summed E-state index contributed by atoms with van der Waals surface area (Å²) in [7, 11) is -3.75. The Kier molecular flexibility index (Phi) is 7.14. The molecule has 1 aliphatic heterocycles. The molecular formula is C17H26ClN3O5S2. The highest BCUT2D eigenvalue weighted by molar-refractivity contribution is 7.91. The van der Waals surface area contributed by atoms with E-state index in [4.69, 9.17) is 11.6 Å². The summed E-state index contributed by atoms with van der Waals surface area (Å²) in [5.74, 6) is -0.563. The average molecular weight is 452 g/mol. The number of nitrogens with zero attached hydrogens (tertiary/aromatic N) is 3. The van der Waals surface area contributed by atoms with Crippen LogP contribution in [0.15, 0.2) is 23.1 Å². The van der Waals surface area contributed by atoms with Crippen LogP contribution >= 0.6 is 11.6 Å². The van der Waals surface area contributed by atoms with E-state index in [1.54, 1.807) is 27.9 Å². The second-order valence-electron chi connectivity index (χ2n) is 6.79. The number of sulfone groups is 1. The van der Waals surface area contributed by atoms with Crippen LogP contribution in [-0.4, -0.2) is 81.8 Å². The lowest BCUT2D eigenvalue weighted by Crippen LogP contribution is -2.49. The summed E-state index contributed by atoms with van der Waals surface area (Å²) < 4.78 is 50.7. The number of sulfonamides is 1. The van der Waals surface area contributed by atoms with Gasteiger partial charge in [-0.2, -0.15) is 4.31 Å². The summed E-state index contributed by atoms with van der Waals surface area (Å²) in [5, 5.41) is 2.92. The number of benzene rings is 1. The number of hydrogen-bond acceptors (Lipinski definition) is 6. The minimum absolute atomic E-state index is 0.0253. The van der Waals surface area contributed by atoms with Gasteiger partial charge in [-0.15, -0.1) is 0 Å². The van der Waals surface area contributed by atoms with Gasteiger partial charge < -0.3 is 0 Å². The van der Waals surface area contributed by atoms with Crippen LogP contribution in [0, 0.1) is 0 Å². The molecule has 1 aromatic carbocycles. The summed E-state index contributed by atoms with van der Waals surface area (Å²) in [6.07, 6.45) is 0.338. The van der Waals surface area contributed by atoms with Gasteiger partial charge in [-0.05, 0) is 24.6 Å². The van der Waals surface area contributed by atoms with Crippen molar-refractivity contribution in [1.82, 2.24) is 14.3 Å². The van der Waals surface area contributed by atoms with E-state index in [0.717, 1.165) is 0 Å². The zero-order valence-electron chi connectivity index (χ0n) is 16.4. The molecule has 0 spiro atoms. The molecule has 0 N–H and O–H groups in total. The monoisotopic (exact) mass is 451 g/mol. The first-order valence-corrected chi connectivity index (χ1v) is 12.6. The van der Waals surface area contributed by atoms with Crippen molar-refractivity contribution in [3.8, 4) is 0 Å². The zero-order valence-corrected chi connectivity index (χ0v) is 18.8. The van der Waals surface area contributed by atoms with Crippen molar-refractivity contribution in [3.63, 3.8) is 0 Å². The highest BCUT2D eigenvalue weighted by Gasteiger charge is 2.37. The number of carbonyl (C=O) groups is 1. The lowest BCUT2D eigenvalue weighted by atomic mass is 10.1. The van der Waals surface area contributed by atoms with Crippen LogP contribution in [0.3, 0.4) is 0 Å². The van der Waals surface area contributed by atoms with Crippen molar-refractivity contribution in [2.75, 3.05) is 38.7 Å². The number of carbonyl (C=O) groups excluding carboxylic acids is 1. The minimum atomic E-state index is -3.85. The molecule has 28 heavy (non-hydrogen) atoms. The van der Waals surface area contributed by atoms with Crippen LogP contribution in [0.1, 0.15) is 30.6 Å². The van der Waals surface area contributed by atoms with Crippen molar-refractivity contribution in [2.45, 2.75) is 31.2 Å². The molecule has 158 valence electrons. The maximum absolute atomic E-state index is 13.1. The van der Waals surface area contributed by atoms with E-state index >= 15 is 0 Å². The Morgan fingerprint density at radius 1 is 1.21 bits per heavy atom. The van der Waals surface area contributed by atoms with Gasteiger partial charge in [0.05, 0.1) is 22.6 Å². The van der Waals surface area contributed by atoms with Gasteiger partial charge in [-0.3, -0.25) is 9.80 Å². The van der Waals surface area contributed by atoms with E-state index in [0.29, 0.717) is 6.42 Å². The van der Waals surface area contributed by atoms with Gasteiger partial charge in [0, 0.05) is 32.7 Å². The van der Waals surface area contributed by atoms with E-state index in [1.807, 2.05) is 0 Å². The van der Waals surface area contributed by atoms with Crippen LogP contribution in [0.2, 0.25) is 5.02 Å². The second-order valence-corrected chi connectivity index (χ2v) is 11.3. The molecule has 8 nitrogen and oxygen atoms in total. The van der Waals surface area contributed by atoms with Crippen LogP contribution < -0.4 is 0 Å². The Balaban J connectivity index is 2.45. The van der Waals surface area contributed by atoms with Gasteiger partial charge in [-0.25, -0.2) is 21.8 Å². The summed E-state index contributed by atoms with van der Waals surface area (Å²) in [6.45, 7) is 3.99. The van der Waals surface area contributed by atoms with E-state index in [9.17, 15) is 21.6 Å². The average Bonchev–Trinajstić information content (AvgIpc) is 2.95. The predicted octanol–water partition coefficient (Wildman–Crippen LogP) is 1.48. The normalized spacial score (nSPS) is 19.3. The third kappa shape index (κ3) is 4.68. The summed E-state index contributed by atoms with van der Waals surface area (Å²) >= 11 is 6.13. The molecule has 1 saturated heterocycles. The highest BCUT2D eigenvalue weighted by Crippen LogP contribution is 2.28. The van der Waals surface area contributed by atoms with Crippen molar-refractivity contribution >= 4 is 37.4 Å². The standard InChI is InChI=1S/C17H26ClN3O5S2/c1-5-20(6-2)28(25,26)16-11-13(7-8-15(16)18)17(22)21(19(3)4)14-9-10-27(23,24)12-14/h7-8,11,14H,5-6,9-10,12H2,1-4H3. The van der Waals surface area contributed by atoms with Crippen LogP contribution in [-0.2, 0) is 19.9 Å². The van der Waals surface area contributed by atoms with Crippen molar-refractivity contribution in [1.29, 1.82) is 0 Å². The number of hydrogen-bond donors (Lipinski definition) is 0. The maximum Gasteiger partial charge on any atom is 0.268 e. The number of hydrazine groups is 1. The highest BCUT2D eigenvalue weighted by atomic mass is 35.5. The van der Waals surface area contributed by atoms with E-state index in [2.05, 4.69) is 0 Å². The molecule has 11 heteroatoms. The first-order valence-electron chi connectivity index (χ1n) is 8.95. The Hall–Kier alpha value is -1.20. The number of halogens is 1. The minimum Gasteiger partial charge on any atom is -0.268 e. The molecule has 0 radical (unpaired) electrons. The molecule has 0 aliphatic carbocycles. The molecule has 1 unspecified atom stereocenters. The quantitative estimate of drug-likeness (QED) is 0.582. The van der Waals surface area contributed by atoms with Gasteiger partial charge >= 0.3 is 0 Å². The Labute approximate surface area is 172 Å². The Morgan fingerprint density at radius 3 is 2.29 bits per heavy atom. The molecule has 1 atom stereocenters. The lowest BCUT2D eigenvalue weighted by Gasteiger charge is -2.34. The molecule has 0 aromatic heterocycles. The van der Waals surface area contributed by atoms with Gasteiger partial charge in [0.15, 0.2) is 9.84 Å². The van der Waals surface area contributed by atoms with E-state index < -0.39 is 31.8 Å². The van der Waals surface area contributed by atoms with Crippen LogP contribution in [0.25, 0.3) is 0 Å². The zero-order chi connectivity index (χ0) is 21.3. The molecule has 1 aromatic rings. The SMILES string of the molecule is CCN(CC)S(=O)(=O)c1cc(C(=O)N(C2CCS(=O)(=O)C2)N(C)C)ccc1Cl. The van der Waals surface area contributed by atoms with E-state index in [-0.39, 0.29) is 40.1 Å². The lowest BCUT2D eigenvalue weighted by molar-refractivity contribution is 0.000989. The topological polar surface area (TPSA) is 95.1 Å². The summed E-state index contributed by atoms with van der Waals surface area (Å²) in [4.78, 5) is 13.0. The molecule has 1 aliphatic rings. The van der Waals surface area contributed by atoms with Gasteiger partial charge in [0.25, 0.3) is 5.91 Å². The largest absolute Gasteiger partial charge is 0.268 e. The van der Waals surface area contributed by atoms with Crippen LogP contribution in [0.4, 0.5) is 0 Å². The molecule has 0 bridgehead atoms. The molecular weight excluding hydrogens is 426 g/mol. The molecule has 2 rings (SSSR count). The Morgan fingerprint density at radius 2 is 1.82 bits per heavy atom. The first kappa shape index (κ1) is 23.1. The fraction of sp³-hybridized carbons (Fsp3) is 0.588. The Bertz CT molecular complexity index is 944. The summed E-state index contributed by atoms with van der Waals surface area (Å²) in [6, 6.07) is 3.60. The number of amides is 1. The fourth-order valence-corrected chi connectivity index (χ4v) is 6.96. The first-order chi connectivity index (χ1) is 12.9. The fourth-order valence-electron chi connectivity index (χ4n) is 3.31. The third-order valence-electron chi connectivity index (χ3n) is 4.69. The van der Waals surface area contributed by atoms with Gasteiger partial charge in [-0.1, -0.05) is 25.4 Å². The second kappa shape index (κ2) is 8.66. The third-order valence-corrected chi connectivity index (χ3v) is 8.98. The van der Waals surface area contributed by atoms with Gasteiger partial charge in [0.1, 0.15) is 4.90 Å². The molecule has 0 saturated carbocycles. The smallest absolute Gasteiger partial charge is 0.268 e. The molecule has 1 amide bonds. The van der Waals surface area contributed by atoms with Crippen molar-refractivity contribution in [2.24, 2.45) is 0 Å². The van der Waals surface area contributed by atoms with Crippen molar-refractivity contribution in [3.05, 3.63) is 28.8 Å². The van der Waals surface area contributed by atoms with Crippen molar-refractivity contribution < 1.29 is 21.6 Å². The van der Waals surface area contributed by atoms with Gasteiger partial charge in [0.2, 0.25) is 10.0 Å². The predicted molar refractivity (Wildman–Crippen MR) is 108 cm³/mol. The molecule has 1 heterocycles. The summed E-state index contributed by atoms with van der Waals surface area (Å²) in [5.41, 5.74) is 0.133.